The molecule has 1 atom stereocenters. The van der Waals surface area contributed by atoms with E-state index in [4.69, 9.17) is 0 Å². The highest BCUT2D eigenvalue weighted by Crippen LogP contribution is 2.41. The van der Waals surface area contributed by atoms with Gasteiger partial charge in [0.1, 0.15) is 0 Å². The van der Waals surface area contributed by atoms with Gasteiger partial charge in [-0.3, -0.25) is 19.5 Å². The highest BCUT2D eigenvalue weighted by Gasteiger charge is 2.44. The molecule has 0 spiro atoms. The van der Waals surface area contributed by atoms with Crippen LogP contribution in [0.3, 0.4) is 0 Å². The first-order valence-electron chi connectivity index (χ1n) is 7.98. The minimum absolute atomic E-state index is 0.0781. The monoisotopic (exact) mass is 362 g/mol. The Morgan fingerprint density at radius 3 is 2.54 bits per heavy atom. The van der Waals surface area contributed by atoms with Crippen molar-refractivity contribution in [1.82, 2.24) is 4.98 Å². The summed E-state index contributed by atoms with van der Waals surface area (Å²) in [6.07, 6.45) is 3.23. The van der Waals surface area contributed by atoms with Gasteiger partial charge in [-0.25, -0.2) is 0 Å². The van der Waals surface area contributed by atoms with Gasteiger partial charge in [-0.05, 0) is 35.2 Å². The van der Waals surface area contributed by atoms with Gasteiger partial charge >= 0.3 is 0 Å². The maximum Gasteiger partial charge on any atom is 0.294 e. The lowest BCUT2D eigenvalue weighted by molar-refractivity contribution is -0.117. The summed E-state index contributed by atoms with van der Waals surface area (Å²) in [7, 11) is 0. The number of Topliss-reactive ketones (excluding diaryl/α,β-unsaturated/α-hetero) is 1. The molecule has 5 nitrogen and oxygen atoms in total. The Hall–Kier alpha value is -3.25. The van der Waals surface area contributed by atoms with Crippen LogP contribution in [-0.2, 0) is 4.79 Å². The van der Waals surface area contributed by atoms with Gasteiger partial charge in [0.25, 0.3) is 5.91 Å². The minimum atomic E-state index is -0.729. The smallest absolute Gasteiger partial charge is 0.294 e. The molecule has 0 bridgehead atoms. The molecule has 0 radical (unpaired) electrons. The lowest BCUT2D eigenvalue weighted by Crippen LogP contribution is -2.31. The zero-order chi connectivity index (χ0) is 18.1. The second-order valence-electron chi connectivity index (χ2n) is 5.77. The van der Waals surface area contributed by atoms with Crippen LogP contribution in [0.4, 0.5) is 5.69 Å². The Morgan fingerprint density at radius 1 is 1.08 bits per heavy atom. The molecule has 1 N–H and O–H groups in total. The first kappa shape index (κ1) is 16.2. The molecule has 4 rings (SSSR count). The number of benzene rings is 1. The summed E-state index contributed by atoms with van der Waals surface area (Å²) in [5, 5.41) is 12.3. The van der Waals surface area contributed by atoms with E-state index < -0.39 is 17.7 Å². The summed E-state index contributed by atoms with van der Waals surface area (Å²) in [5.41, 5.74) is 1.34. The zero-order valence-electron chi connectivity index (χ0n) is 13.6. The Bertz CT molecular complexity index is 982. The Morgan fingerprint density at radius 2 is 1.88 bits per heavy atom. The van der Waals surface area contributed by atoms with Crippen molar-refractivity contribution < 1.29 is 14.7 Å². The van der Waals surface area contributed by atoms with Crippen LogP contribution in [0.1, 0.15) is 21.3 Å². The van der Waals surface area contributed by atoms with E-state index in [-0.39, 0.29) is 11.4 Å². The first-order valence-corrected chi connectivity index (χ1v) is 8.86. The van der Waals surface area contributed by atoms with Crippen LogP contribution >= 0.6 is 11.3 Å². The summed E-state index contributed by atoms with van der Waals surface area (Å²) in [5.74, 6) is -1.45. The van der Waals surface area contributed by atoms with Crippen molar-refractivity contribution in [2.75, 3.05) is 4.90 Å². The van der Waals surface area contributed by atoms with Crippen molar-refractivity contribution in [3.05, 3.63) is 94.1 Å². The summed E-state index contributed by atoms with van der Waals surface area (Å²) in [6.45, 7) is 0. The molecule has 1 aliphatic rings. The van der Waals surface area contributed by atoms with E-state index in [1.165, 1.54) is 16.2 Å². The fraction of sp³-hybridized carbons (Fsp3) is 0.0500. The fourth-order valence-corrected chi connectivity index (χ4v) is 3.76. The topological polar surface area (TPSA) is 70.5 Å². The number of carbonyl (C=O) groups is 2. The number of pyridine rings is 1. The average molecular weight is 362 g/mol. The summed E-state index contributed by atoms with van der Waals surface area (Å²) < 4.78 is 0. The SMILES string of the molecule is O=C(C1=C(O)C(=O)N(c2ccccc2)C1c1cccnc1)c1cccs1. The van der Waals surface area contributed by atoms with Crippen molar-refractivity contribution >= 4 is 28.7 Å². The molecule has 3 heterocycles. The number of hydrogen-bond donors (Lipinski definition) is 1. The number of carbonyl (C=O) groups excluding carboxylic acids is 2. The molecule has 0 saturated carbocycles. The van der Waals surface area contributed by atoms with Gasteiger partial charge in [0.05, 0.1) is 16.5 Å². The van der Waals surface area contributed by atoms with E-state index in [1.54, 1.807) is 66.3 Å². The van der Waals surface area contributed by atoms with E-state index in [2.05, 4.69) is 4.98 Å². The lowest BCUT2D eigenvalue weighted by Gasteiger charge is -2.26. The predicted molar refractivity (Wildman–Crippen MR) is 99.2 cm³/mol. The van der Waals surface area contributed by atoms with Gasteiger partial charge in [-0.2, -0.15) is 0 Å². The van der Waals surface area contributed by atoms with Gasteiger partial charge in [0.2, 0.25) is 5.78 Å². The second kappa shape index (κ2) is 6.57. The number of thiophene rings is 1. The summed E-state index contributed by atoms with van der Waals surface area (Å²) >= 11 is 1.28. The average Bonchev–Trinajstić information content (AvgIpc) is 3.31. The molecule has 1 aliphatic heterocycles. The van der Waals surface area contributed by atoms with E-state index in [0.29, 0.717) is 16.1 Å². The third-order valence-corrected chi connectivity index (χ3v) is 5.10. The van der Waals surface area contributed by atoms with Crippen LogP contribution in [0.2, 0.25) is 0 Å². The van der Waals surface area contributed by atoms with Crippen LogP contribution in [0.25, 0.3) is 0 Å². The molecule has 0 fully saturated rings. The number of aliphatic hydroxyl groups excluding tert-OH is 1. The molecule has 6 heteroatoms. The van der Waals surface area contributed by atoms with Gasteiger partial charge in [0, 0.05) is 18.1 Å². The standard InChI is InChI=1S/C20H14N2O3S/c23-18(15-9-5-11-26-15)16-17(13-6-4-10-21-12-13)22(20(25)19(16)24)14-7-2-1-3-8-14/h1-12,17,24H. The number of hydrogen-bond acceptors (Lipinski definition) is 5. The van der Waals surface area contributed by atoms with Crippen LogP contribution < -0.4 is 4.90 Å². The molecule has 128 valence electrons. The molecule has 1 unspecified atom stereocenters. The quantitative estimate of drug-likeness (QED) is 0.714. The molecule has 1 aromatic carbocycles. The molecule has 26 heavy (non-hydrogen) atoms. The van der Waals surface area contributed by atoms with E-state index in [1.807, 2.05) is 6.07 Å². The van der Waals surface area contributed by atoms with Crippen LogP contribution in [-0.4, -0.2) is 21.8 Å². The van der Waals surface area contributed by atoms with E-state index >= 15 is 0 Å². The number of amides is 1. The van der Waals surface area contributed by atoms with Crippen LogP contribution in [0.5, 0.6) is 0 Å². The molecule has 2 aromatic heterocycles. The normalized spacial score (nSPS) is 17.0. The number of rotatable bonds is 4. The highest BCUT2D eigenvalue weighted by molar-refractivity contribution is 7.12. The maximum atomic E-state index is 13.0. The number of aromatic nitrogens is 1. The summed E-state index contributed by atoms with van der Waals surface area (Å²) in [4.78, 5) is 31.9. The van der Waals surface area contributed by atoms with E-state index in [9.17, 15) is 14.7 Å². The third-order valence-electron chi connectivity index (χ3n) is 4.23. The van der Waals surface area contributed by atoms with Crippen molar-refractivity contribution in [2.45, 2.75) is 6.04 Å². The number of anilines is 1. The Balaban J connectivity index is 1.88. The fourth-order valence-electron chi connectivity index (χ4n) is 3.09. The first-order chi connectivity index (χ1) is 12.7. The van der Waals surface area contributed by atoms with Gasteiger partial charge in [-0.15, -0.1) is 11.3 Å². The van der Waals surface area contributed by atoms with E-state index in [0.717, 1.165) is 0 Å². The van der Waals surface area contributed by atoms with Crippen molar-refractivity contribution in [3.8, 4) is 0 Å². The molecule has 1 amide bonds. The van der Waals surface area contributed by atoms with Gasteiger partial charge < -0.3 is 5.11 Å². The summed E-state index contributed by atoms with van der Waals surface area (Å²) in [6, 6.07) is 15.2. The number of para-hydroxylation sites is 1. The molecule has 0 saturated heterocycles. The number of ketones is 1. The largest absolute Gasteiger partial charge is 0.503 e. The van der Waals surface area contributed by atoms with Crippen molar-refractivity contribution in [2.24, 2.45) is 0 Å². The Labute approximate surface area is 153 Å². The number of aliphatic hydroxyl groups is 1. The lowest BCUT2D eigenvalue weighted by atomic mass is 9.96. The molecule has 0 aliphatic carbocycles. The number of nitrogens with zero attached hydrogens (tertiary/aromatic N) is 2. The van der Waals surface area contributed by atoms with Gasteiger partial charge in [-0.1, -0.05) is 30.3 Å². The minimum Gasteiger partial charge on any atom is -0.503 e. The molecule has 3 aromatic rings. The van der Waals surface area contributed by atoms with Crippen molar-refractivity contribution in [1.29, 1.82) is 0 Å². The molecular formula is C20H14N2O3S. The predicted octanol–water partition coefficient (Wildman–Crippen LogP) is 3.93. The maximum absolute atomic E-state index is 13.0. The zero-order valence-corrected chi connectivity index (χ0v) is 14.4. The third kappa shape index (κ3) is 2.60. The highest BCUT2D eigenvalue weighted by atomic mass is 32.1. The Kier molecular flexibility index (Phi) is 4.10. The van der Waals surface area contributed by atoms with Crippen LogP contribution in [0, 0.1) is 0 Å². The van der Waals surface area contributed by atoms with Crippen molar-refractivity contribution in [3.63, 3.8) is 0 Å². The van der Waals surface area contributed by atoms with Gasteiger partial charge in [0.15, 0.2) is 5.76 Å². The second-order valence-corrected chi connectivity index (χ2v) is 6.72. The molecular weight excluding hydrogens is 348 g/mol. The van der Waals surface area contributed by atoms with Crippen LogP contribution in [0.15, 0.2) is 83.7 Å².